The van der Waals surface area contributed by atoms with Crippen LogP contribution in [0.1, 0.15) is 64.3 Å². The number of rotatable bonds is 8. The number of fused-ring (bicyclic) bond motifs is 1. The van der Waals surface area contributed by atoms with E-state index in [1.807, 2.05) is 50.3 Å². The summed E-state index contributed by atoms with van der Waals surface area (Å²) in [7, 11) is 0. The van der Waals surface area contributed by atoms with Gasteiger partial charge < -0.3 is 9.26 Å². The second kappa shape index (κ2) is 9.91. The largest absolute Gasteiger partial charge is 0.454 e. The minimum Gasteiger partial charge on any atom is -0.454 e. The number of hydrogen-bond acceptors (Lipinski definition) is 7. The van der Waals surface area contributed by atoms with E-state index in [0.717, 1.165) is 10.5 Å². The molecule has 180 valence electrons. The molecule has 3 unspecified atom stereocenters. The van der Waals surface area contributed by atoms with Gasteiger partial charge in [-0.3, -0.25) is 14.5 Å². The maximum atomic E-state index is 13.0. The molecule has 8 heteroatoms. The topological polar surface area (TPSA) is 103 Å². The molecule has 1 aliphatic carbocycles. The predicted octanol–water partition coefficient (Wildman–Crippen LogP) is 4.27. The molecule has 2 aromatic rings. The molecule has 8 nitrogen and oxygen atoms in total. The predicted molar refractivity (Wildman–Crippen MR) is 124 cm³/mol. The molecular formula is C26H31N3O5. The van der Waals surface area contributed by atoms with E-state index in [1.165, 1.54) is 5.56 Å². The van der Waals surface area contributed by atoms with Gasteiger partial charge in [0, 0.05) is 5.56 Å². The summed E-state index contributed by atoms with van der Waals surface area (Å²) < 4.78 is 10.7. The maximum absolute atomic E-state index is 13.0. The molecule has 4 rings (SSSR count). The van der Waals surface area contributed by atoms with Crippen LogP contribution in [0, 0.1) is 17.8 Å². The molecule has 1 fully saturated rings. The monoisotopic (exact) mass is 465 g/mol. The smallest absolute Gasteiger partial charge is 0.329 e. The van der Waals surface area contributed by atoms with Crippen LogP contribution >= 0.6 is 0 Å². The number of amides is 2. The fourth-order valence-electron chi connectivity index (χ4n) is 4.56. The number of ether oxygens (including phenoxy) is 1. The van der Waals surface area contributed by atoms with Crippen molar-refractivity contribution in [1.82, 2.24) is 15.0 Å². The van der Waals surface area contributed by atoms with E-state index < -0.39 is 12.0 Å². The number of hydrogen-bond donors (Lipinski definition) is 0. The van der Waals surface area contributed by atoms with Gasteiger partial charge in [0.25, 0.3) is 5.89 Å². The zero-order chi connectivity index (χ0) is 24.4. The van der Waals surface area contributed by atoms with Crippen molar-refractivity contribution < 1.29 is 23.6 Å². The van der Waals surface area contributed by atoms with Gasteiger partial charge in [-0.25, -0.2) is 4.79 Å². The summed E-state index contributed by atoms with van der Waals surface area (Å²) in [5, 5.41) is 3.98. The highest BCUT2D eigenvalue weighted by atomic mass is 16.6. The number of carbonyl (C=O) groups excluding carboxylic acids is 3. The molecule has 0 radical (unpaired) electrons. The van der Waals surface area contributed by atoms with Crippen LogP contribution < -0.4 is 0 Å². The third-order valence-corrected chi connectivity index (χ3v) is 6.46. The molecule has 0 N–H and O–H groups in total. The van der Waals surface area contributed by atoms with E-state index in [9.17, 15) is 14.4 Å². The Balaban J connectivity index is 1.44. The first kappa shape index (κ1) is 23.9. The molecule has 34 heavy (non-hydrogen) atoms. The second-order valence-electron chi connectivity index (χ2n) is 9.74. The van der Waals surface area contributed by atoms with Crippen molar-refractivity contribution in [2.24, 2.45) is 17.8 Å². The molecule has 0 spiro atoms. The highest BCUT2D eigenvalue weighted by Crippen LogP contribution is 2.37. The van der Waals surface area contributed by atoms with Crippen molar-refractivity contribution >= 4 is 17.8 Å². The Morgan fingerprint density at radius 2 is 1.68 bits per heavy atom. The number of esters is 1. The lowest BCUT2D eigenvalue weighted by Gasteiger charge is -2.26. The third-order valence-electron chi connectivity index (χ3n) is 6.46. The van der Waals surface area contributed by atoms with Gasteiger partial charge in [0.2, 0.25) is 17.6 Å². The van der Waals surface area contributed by atoms with E-state index in [2.05, 4.69) is 24.0 Å². The summed E-state index contributed by atoms with van der Waals surface area (Å²) in [5.74, 6) is -0.925. The number of aromatic nitrogens is 2. The van der Waals surface area contributed by atoms with Gasteiger partial charge >= 0.3 is 5.97 Å². The number of likely N-dealkylation sites (tertiary alicyclic amines) is 1. The van der Waals surface area contributed by atoms with Crippen LogP contribution in [0.5, 0.6) is 0 Å². The van der Waals surface area contributed by atoms with E-state index in [1.54, 1.807) is 0 Å². The van der Waals surface area contributed by atoms with Gasteiger partial charge in [-0.2, -0.15) is 4.98 Å². The number of imide groups is 1. The molecule has 2 amide bonds. The quantitative estimate of drug-likeness (QED) is 0.326. The highest BCUT2D eigenvalue weighted by molar-refractivity contribution is 6.08. The van der Waals surface area contributed by atoms with Gasteiger partial charge in [-0.15, -0.1) is 0 Å². The van der Waals surface area contributed by atoms with Gasteiger partial charge in [0.1, 0.15) is 6.04 Å². The molecule has 0 saturated carbocycles. The lowest BCUT2D eigenvalue weighted by atomic mass is 9.85. The van der Waals surface area contributed by atoms with Crippen molar-refractivity contribution in [3.8, 4) is 11.4 Å². The van der Waals surface area contributed by atoms with Crippen LogP contribution in [0.2, 0.25) is 0 Å². The Morgan fingerprint density at radius 3 is 2.24 bits per heavy atom. The highest BCUT2D eigenvalue weighted by Gasteiger charge is 2.51. The van der Waals surface area contributed by atoms with Crippen molar-refractivity contribution in [1.29, 1.82) is 0 Å². The first-order valence-corrected chi connectivity index (χ1v) is 11.9. The summed E-state index contributed by atoms with van der Waals surface area (Å²) in [6, 6.07) is 6.92. The molecule has 3 atom stereocenters. The van der Waals surface area contributed by atoms with Crippen LogP contribution in [0.25, 0.3) is 11.4 Å². The lowest BCUT2D eigenvalue weighted by Crippen LogP contribution is -2.47. The van der Waals surface area contributed by atoms with Gasteiger partial charge in [-0.05, 0) is 36.7 Å². The Kier molecular flexibility index (Phi) is 6.95. The fourth-order valence-corrected chi connectivity index (χ4v) is 4.56. The SMILES string of the molecule is CC(C)CC(C(=O)OCc1nc(-c2ccc(C(C)C)cc2)no1)N1C(=O)C2CC=CCC2C1=O. The summed E-state index contributed by atoms with van der Waals surface area (Å²) in [4.78, 5) is 44.5. The van der Waals surface area contributed by atoms with Gasteiger partial charge in [0.15, 0.2) is 6.61 Å². The lowest BCUT2D eigenvalue weighted by molar-refractivity contribution is -0.161. The van der Waals surface area contributed by atoms with E-state index in [4.69, 9.17) is 9.26 Å². The van der Waals surface area contributed by atoms with Crippen LogP contribution in [0.4, 0.5) is 0 Å². The van der Waals surface area contributed by atoms with E-state index in [-0.39, 0.29) is 42.1 Å². The number of nitrogens with zero attached hydrogens (tertiary/aromatic N) is 3. The van der Waals surface area contributed by atoms with Gasteiger partial charge in [0.05, 0.1) is 11.8 Å². The minimum absolute atomic E-state index is 0.0859. The Bertz CT molecular complexity index is 1060. The molecule has 1 aromatic carbocycles. The van der Waals surface area contributed by atoms with Crippen LogP contribution in [0.15, 0.2) is 40.9 Å². The number of benzene rings is 1. The first-order valence-electron chi connectivity index (χ1n) is 11.9. The standard InChI is InChI=1S/C26H31N3O5/c1-15(2)13-21(29-24(30)19-7-5-6-8-20(19)25(29)31)26(32)33-14-22-27-23(28-34-22)18-11-9-17(10-12-18)16(3)4/h5-6,9-12,15-16,19-21H,7-8,13-14H2,1-4H3. The Hall–Kier alpha value is -3.29. The average molecular weight is 466 g/mol. The molecule has 2 aliphatic rings. The normalized spacial score (nSPS) is 20.8. The fraction of sp³-hybridized carbons (Fsp3) is 0.500. The Morgan fingerprint density at radius 1 is 1.06 bits per heavy atom. The zero-order valence-corrected chi connectivity index (χ0v) is 20.1. The average Bonchev–Trinajstić information content (AvgIpc) is 3.39. The number of carbonyl (C=O) groups is 3. The molecular weight excluding hydrogens is 434 g/mol. The second-order valence-corrected chi connectivity index (χ2v) is 9.74. The van der Waals surface area contributed by atoms with Crippen LogP contribution in [-0.4, -0.2) is 38.9 Å². The molecule has 2 heterocycles. The molecule has 1 aliphatic heterocycles. The van der Waals surface area contributed by atoms with Crippen molar-refractivity contribution in [2.45, 2.75) is 65.5 Å². The van der Waals surface area contributed by atoms with Crippen molar-refractivity contribution in [2.75, 3.05) is 0 Å². The van der Waals surface area contributed by atoms with E-state index in [0.29, 0.717) is 31.0 Å². The Labute approximate surface area is 199 Å². The summed E-state index contributed by atoms with van der Waals surface area (Å²) in [6.45, 7) is 7.89. The molecule has 0 bridgehead atoms. The van der Waals surface area contributed by atoms with E-state index >= 15 is 0 Å². The maximum Gasteiger partial charge on any atom is 0.329 e. The number of allylic oxidation sites excluding steroid dienone is 2. The third kappa shape index (κ3) is 4.81. The zero-order valence-electron chi connectivity index (χ0n) is 20.1. The first-order chi connectivity index (χ1) is 16.3. The van der Waals surface area contributed by atoms with Crippen LogP contribution in [0.3, 0.4) is 0 Å². The van der Waals surface area contributed by atoms with Gasteiger partial charge in [-0.1, -0.05) is 69.3 Å². The summed E-state index contributed by atoms with van der Waals surface area (Å²) >= 11 is 0. The molecule has 1 saturated heterocycles. The van der Waals surface area contributed by atoms with Crippen molar-refractivity contribution in [3.63, 3.8) is 0 Å². The molecule has 1 aromatic heterocycles. The summed E-state index contributed by atoms with van der Waals surface area (Å²) in [6.07, 6.45) is 5.24. The minimum atomic E-state index is -0.962. The van der Waals surface area contributed by atoms with Crippen LogP contribution in [-0.2, 0) is 25.7 Å². The van der Waals surface area contributed by atoms with Crippen molar-refractivity contribution in [3.05, 3.63) is 47.9 Å². The summed E-state index contributed by atoms with van der Waals surface area (Å²) in [5.41, 5.74) is 2.01.